The van der Waals surface area contributed by atoms with Gasteiger partial charge in [0, 0.05) is 0 Å². The minimum Gasteiger partial charge on any atom is -0.479 e. The zero-order chi connectivity index (χ0) is 15.8. The highest BCUT2D eigenvalue weighted by atomic mass is 16.4. The molecule has 0 fully saturated rings. The molecule has 0 aliphatic rings. The molecule has 21 heavy (non-hydrogen) atoms. The lowest BCUT2D eigenvalue weighted by atomic mass is 10.1. The van der Waals surface area contributed by atoms with Crippen LogP contribution in [0.25, 0.3) is 0 Å². The predicted molar refractivity (Wildman–Crippen MR) is 88.3 cm³/mol. The van der Waals surface area contributed by atoms with Gasteiger partial charge in [-0.25, -0.2) is 4.79 Å². The fourth-order valence-corrected chi connectivity index (χ4v) is 1.90. The Morgan fingerprint density at radius 3 is 2.10 bits per heavy atom. The molecule has 1 atom stereocenters. The van der Waals surface area contributed by atoms with Gasteiger partial charge in [0.2, 0.25) is 0 Å². The SMILES string of the molecule is CC/C=C\C/C=C\C/C=C\CCCCCC[C@@H](O)C(=O)O. The lowest BCUT2D eigenvalue weighted by Gasteiger charge is -2.04. The van der Waals surface area contributed by atoms with Gasteiger partial charge in [0.15, 0.2) is 6.10 Å². The maximum Gasteiger partial charge on any atom is 0.332 e. The van der Waals surface area contributed by atoms with Crippen LogP contribution in [0.5, 0.6) is 0 Å². The topological polar surface area (TPSA) is 57.5 Å². The predicted octanol–water partition coefficient (Wildman–Crippen LogP) is 4.63. The zero-order valence-electron chi connectivity index (χ0n) is 13.2. The Bertz CT molecular complexity index is 329. The number of hydrogen-bond donors (Lipinski definition) is 2. The van der Waals surface area contributed by atoms with E-state index in [1.165, 1.54) is 0 Å². The van der Waals surface area contributed by atoms with E-state index in [9.17, 15) is 4.79 Å². The van der Waals surface area contributed by atoms with Gasteiger partial charge in [-0.3, -0.25) is 0 Å². The summed E-state index contributed by atoms with van der Waals surface area (Å²) in [7, 11) is 0. The number of rotatable bonds is 13. The summed E-state index contributed by atoms with van der Waals surface area (Å²) in [5.74, 6) is -1.11. The van der Waals surface area contributed by atoms with Crippen molar-refractivity contribution in [3.63, 3.8) is 0 Å². The Morgan fingerprint density at radius 1 is 0.905 bits per heavy atom. The Kier molecular flexibility index (Phi) is 14.1. The Morgan fingerprint density at radius 2 is 1.48 bits per heavy atom. The van der Waals surface area contributed by atoms with Gasteiger partial charge < -0.3 is 10.2 Å². The van der Waals surface area contributed by atoms with E-state index < -0.39 is 12.1 Å². The first kappa shape index (κ1) is 19.7. The van der Waals surface area contributed by atoms with Gasteiger partial charge in [-0.1, -0.05) is 62.6 Å². The summed E-state index contributed by atoms with van der Waals surface area (Å²) in [6, 6.07) is 0. The van der Waals surface area contributed by atoms with Crippen molar-refractivity contribution in [2.45, 2.75) is 70.8 Å². The number of carbonyl (C=O) groups is 1. The molecule has 0 aromatic rings. The second kappa shape index (κ2) is 15.0. The number of carboxylic acids is 1. The summed E-state index contributed by atoms with van der Waals surface area (Å²) in [6.07, 6.45) is 20.5. The largest absolute Gasteiger partial charge is 0.479 e. The summed E-state index contributed by atoms with van der Waals surface area (Å²) >= 11 is 0. The van der Waals surface area contributed by atoms with Crippen LogP contribution < -0.4 is 0 Å². The molecule has 0 spiro atoms. The lowest BCUT2D eigenvalue weighted by Crippen LogP contribution is -2.18. The maximum atomic E-state index is 10.4. The van der Waals surface area contributed by atoms with Crippen molar-refractivity contribution in [1.29, 1.82) is 0 Å². The number of aliphatic carboxylic acids is 1. The van der Waals surface area contributed by atoms with Gasteiger partial charge >= 0.3 is 5.97 Å². The van der Waals surface area contributed by atoms with Crippen LogP contribution in [-0.4, -0.2) is 22.3 Å². The molecule has 0 heterocycles. The van der Waals surface area contributed by atoms with Gasteiger partial charge in [-0.15, -0.1) is 0 Å². The van der Waals surface area contributed by atoms with Crippen LogP contribution in [0.2, 0.25) is 0 Å². The summed E-state index contributed by atoms with van der Waals surface area (Å²) in [4.78, 5) is 10.4. The number of hydrogen-bond acceptors (Lipinski definition) is 2. The average Bonchev–Trinajstić information content (AvgIpc) is 2.47. The molecule has 0 rings (SSSR count). The second-order valence-corrected chi connectivity index (χ2v) is 5.14. The van der Waals surface area contributed by atoms with Crippen LogP contribution >= 0.6 is 0 Å². The minimum absolute atomic E-state index is 0.364. The Labute approximate surface area is 129 Å². The molecule has 0 bridgehead atoms. The fourth-order valence-electron chi connectivity index (χ4n) is 1.90. The molecular formula is C18H30O3. The first-order chi connectivity index (χ1) is 10.2. The van der Waals surface area contributed by atoms with Crippen molar-refractivity contribution >= 4 is 5.97 Å². The molecule has 0 saturated carbocycles. The molecule has 0 radical (unpaired) electrons. The molecule has 120 valence electrons. The lowest BCUT2D eigenvalue weighted by molar-refractivity contribution is -0.146. The normalized spacial score (nSPS) is 13.6. The van der Waals surface area contributed by atoms with E-state index in [0.29, 0.717) is 6.42 Å². The third-order valence-electron chi connectivity index (χ3n) is 3.16. The highest BCUT2D eigenvalue weighted by Gasteiger charge is 2.11. The Balaban J connectivity index is 3.33. The highest BCUT2D eigenvalue weighted by Crippen LogP contribution is 2.08. The molecule has 0 aromatic carbocycles. The monoisotopic (exact) mass is 294 g/mol. The molecule has 0 saturated heterocycles. The Hall–Kier alpha value is -1.35. The van der Waals surface area contributed by atoms with E-state index in [0.717, 1.165) is 51.4 Å². The minimum atomic E-state index is -1.19. The van der Waals surface area contributed by atoms with Gasteiger partial charge in [0.25, 0.3) is 0 Å². The zero-order valence-corrected chi connectivity index (χ0v) is 13.2. The fraction of sp³-hybridized carbons (Fsp3) is 0.611. The first-order valence-electron chi connectivity index (χ1n) is 8.04. The number of aliphatic hydroxyl groups excluding tert-OH is 1. The van der Waals surface area contributed by atoms with Gasteiger partial charge in [-0.05, 0) is 38.5 Å². The molecule has 2 N–H and O–H groups in total. The summed E-state index contributed by atoms with van der Waals surface area (Å²) in [6.45, 7) is 2.14. The summed E-state index contributed by atoms with van der Waals surface area (Å²) in [5, 5.41) is 17.6. The van der Waals surface area contributed by atoms with Gasteiger partial charge in [0.05, 0.1) is 0 Å². The third kappa shape index (κ3) is 14.9. The van der Waals surface area contributed by atoms with Crippen LogP contribution in [-0.2, 0) is 4.79 Å². The van der Waals surface area contributed by atoms with E-state index in [1.54, 1.807) is 0 Å². The first-order valence-corrected chi connectivity index (χ1v) is 8.04. The average molecular weight is 294 g/mol. The smallest absolute Gasteiger partial charge is 0.332 e. The maximum absolute atomic E-state index is 10.4. The van der Waals surface area contributed by atoms with Gasteiger partial charge in [0.1, 0.15) is 0 Å². The molecule has 0 aromatic heterocycles. The van der Waals surface area contributed by atoms with E-state index in [1.807, 2.05) is 0 Å². The van der Waals surface area contributed by atoms with Crippen molar-refractivity contribution in [2.75, 3.05) is 0 Å². The number of allylic oxidation sites excluding steroid dienone is 6. The molecule has 3 nitrogen and oxygen atoms in total. The molecule has 3 heteroatoms. The van der Waals surface area contributed by atoms with Crippen molar-refractivity contribution < 1.29 is 15.0 Å². The van der Waals surface area contributed by atoms with Crippen LogP contribution in [0.15, 0.2) is 36.5 Å². The van der Waals surface area contributed by atoms with Crippen molar-refractivity contribution in [1.82, 2.24) is 0 Å². The third-order valence-corrected chi connectivity index (χ3v) is 3.16. The van der Waals surface area contributed by atoms with Crippen LogP contribution in [0.4, 0.5) is 0 Å². The van der Waals surface area contributed by atoms with E-state index in [-0.39, 0.29) is 0 Å². The second-order valence-electron chi connectivity index (χ2n) is 5.14. The molecule has 0 unspecified atom stereocenters. The molecule has 0 aliphatic carbocycles. The molecule has 0 aliphatic heterocycles. The van der Waals surface area contributed by atoms with Crippen molar-refractivity contribution in [3.8, 4) is 0 Å². The van der Waals surface area contributed by atoms with E-state index in [2.05, 4.69) is 43.4 Å². The molecular weight excluding hydrogens is 264 g/mol. The quantitative estimate of drug-likeness (QED) is 0.384. The van der Waals surface area contributed by atoms with Crippen LogP contribution in [0, 0.1) is 0 Å². The molecule has 0 amide bonds. The number of unbranched alkanes of at least 4 members (excludes halogenated alkanes) is 4. The number of carboxylic acid groups (broad SMARTS) is 1. The highest BCUT2D eigenvalue weighted by molar-refractivity contribution is 5.71. The summed E-state index contributed by atoms with van der Waals surface area (Å²) < 4.78 is 0. The van der Waals surface area contributed by atoms with Crippen LogP contribution in [0.1, 0.15) is 64.7 Å². The summed E-state index contributed by atoms with van der Waals surface area (Å²) in [5.41, 5.74) is 0. The van der Waals surface area contributed by atoms with Crippen LogP contribution in [0.3, 0.4) is 0 Å². The van der Waals surface area contributed by atoms with Crippen molar-refractivity contribution in [3.05, 3.63) is 36.5 Å². The standard InChI is InChI=1S/C18H30O3/c1-2-3-4-5-6-7-8-9-10-11-12-13-14-15-16-17(19)18(20)21/h3-4,6-7,9-10,17,19H,2,5,8,11-16H2,1H3,(H,20,21)/b4-3-,7-6-,10-9-/t17-/m1/s1. The van der Waals surface area contributed by atoms with E-state index >= 15 is 0 Å². The number of aliphatic hydroxyl groups is 1. The van der Waals surface area contributed by atoms with Gasteiger partial charge in [-0.2, -0.15) is 0 Å². The van der Waals surface area contributed by atoms with Crippen molar-refractivity contribution in [2.24, 2.45) is 0 Å². The van der Waals surface area contributed by atoms with E-state index in [4.69, 9.17) is 10.2 Å².